The summed E-state index contributed by atoms with van der Waals surface area (Å²) in [6.07, 6.45) is 0. The van der Waals surface area contributed by atoms with Crippen LogP contribution in [0.3, 0.4) is 0 Å². The molecule has 1 amide bonds. The molecule has 0 bridgehead atoms. The average molecular weight is 271 g/mol. The van der Waals surface area contributed by atoms with E-state index < -0.39 is 6.04 Å². The number of nitrogens with two attached hydrogens (primary N) is 1. The van der Waals surface area contributed by atoms with Gasteiger partial charge in [0.15, 0.2) is 0 Å². The molecular weight excluding hydrogens is 252 g/mol. The molecule has 4 nitrogen and oxygen atoms in total. The number of halogens is 1. The molecule has 0 fully saturated rings. The number of methoxy groups -OCH3 is 1. The quantitative estimate of drug-likeness (QED) is 0.887. The van der Waals surface area contributed by atoms with E-state index in [4.69, 9.17) is 22.1 Å². The maximum Gasteiger partial charge on any atom is 0.241 e. The number of ether oxygens (including phenoxy) is 1. The first-order chi connectivity index (χ1) is 8.25. The maximum atomic E-state index is 12.0. The van der Waals surface area contributed by atoms with E-state index in [1.165, 1.54) is 7.11 Å². The number of anilines is 1. The van der Waals surface area contributed by atoms with Gasteiger partial charge in [-0.05, 0) is 23.6 Å². The molecule has 1 aromatic rings. The fourth-order valence-electron chi connectivity index (χ4n) is 1.38. The van der Waals surface area contributed by atoms with Gasteiger partial charge < -0.3 is 15.8 Å². The van der Waals surface area contributed by atoms with Gasteiger partial charge in [-0.3, -0.25) is 4.79 Å². The lowest BCUT2D eigenvalue weighted by Gasteiger charge is -2.26. The van der Waals surface area contributed by atoms with E-state index in [1.54, 1.807) is 18.2 Å². The molecule has 100 valence electrons. The molecule has 0 heterocycles. The number of rotatable bonds is 3. The molecule has 0 unspecified atom stereocenters. The fourth-order valence-corrected chi connectivity index (χ4v) is 1.55. The van der Waals surface area contributed by atoms with Crippen LogP contribution in [0.5, 0.6) is 5.75 Å². The van der Waals surface area contributed by atoms with Crippen LogP contribution in [0, 0.1) is 5.41 Å². The second kappa shape index (κ2) is 5.59. The van der Waals surface area contributed by atoms with E-state index >= 15 is 0 Å². The minimum Gasteiger partial charge on any atom is -0.495 e. The third kappa shape index (κ3) is 3.62. The molecule has 0 spiro atoms. The Morgan fingerprint density at radius 1 is 1.44 bits per heavy atom. The second-order valence-corrected chi connectivity index (χ2v) is 5.61. The summed E-state index contributed by atoms with van der Waals surface area (Å²) < 4.78 is 5.15. The lowest BCUT2D eigenvalue weighted by Crippen LogP contribution is -2.45. The van der Waals surface area contributed by atoms with E-state index in [0.29, 0.717) is 16.5 Å². The van der Waals surface area contributed by atoms with Gasteiger partial charge in [0.1, 0.15) is 5.75 Å². The minimum atomic E-state index is -0.610. The summed E-state index contributed by atoms with van der Waals surface area (Å²) in [6, 6.07) is 4.41. The van der Waals surface area contributed by atoms with Gasteiger partial charge in [-0.25, -0.2) is 0 Å². The van der Waals surface area contributed by atoms with Crippen LogP contribution in [0.2, 0.25) is 5.02 Å². The topological polar surface area (TPSA) is 64.3 Å². The highest BCUT2D eigenvalue weighted by Gasteiger charge is 2.27. The van der Waals surface area contributed by atoms with Crippen LogP contribution in [0.15, 0.2) is 18.2 Å². The van der Waals surface area contributed by atoms with Gasteiger partial charge in [0.2, 0.25) is 5.91 Å². The van der Waals surface area contributed by atoms with Gasteiger partial charge in [0.25, 0.3) is 0 Å². The smallest absolute Gasteiger partial charge is 0.241 e. The molecule has 18 heavy (non-hydrogen) atoms. The van der Waals surface area contributed by atoms with Crippen LogP contribution >= 0.6 is 11.6 Å². The zero-order valence-corrected chi connectivity index (χ0v) is 11.8. The number of carbonyl (C=O) groups excluding carboxylic acids is 1. The van der Waals surface area contributed by atoms with Crippen molar-refractivity contribution >= 4 is 23.2 Å². The fraction of sp³-hybridized carbons (Fsp3) is 0.462. The van der Waals surface area contributed by atoms with Crippen molar-refractivity contribution in [2.45, 2.75) is 26.8 Å². The monoisotopic (exact) mass is 270 g/mol. The maximum absolute atomic E-state index is 12.0. The summed E-state index contributed by atoms with van der Waals surface area (Å²) in [5, 5.41) is 3.26. The number of nitrogens with one attached hydrogen (secondary N) is 1. The van der Waals surface area contributed by atoms with Crippen molar-refractivity contribution in [2.75, 3.05) is 12.4 Å². The van der Waals surface area contributed by atoms with Crippen molar-refractivity contribution in [1.29, 1.82) is 0 Å². The molecule has 0 radical (unpaired) electrons. The number of hydrogen-bond acceptors (Lipinski definition) is 3. The third-order valence-electron chi connectivity index (χ3n) is 2.63. The number of amides is 1. The molecule has 0 saturated carbocycles. The highest BCUT2D eigenvalue weighted by molar-refractivity contribution is 6.31. The van der Waals surface area contributed by atoms with Gasteiger partial charge >= 0.3 is 0 Å². The molecule has 5 heteroatoms. The van der Waals surface area contributed by atoms with Crippen molar-refractivity contribution in [3.8, 4) is 5.75 Å². The first-order valence-electron chi connectivity index (χ1n) is 5.65. The molecule has 1 atom stereocenters. The zero-order valence-electron chi connectivity index (χ0n) is 11.1. The van der Waals surface area contributed by atoms with Crippen LogP contribution in [-0.4, -0.2) is 19.1 Å². The Morgan fingerprint density at radius 2 is 2.06 bits per heavy atom. The zero-order chi connectivity index (χ0) is 13.9. The second-order valence-electron chi connectivity index (χ2n) is 5.18. The highest BCUT2D eigenvalue weighted by Crippen LogP contribution is 2.28. The first-order valence-corrected chi connectivity index (χ1v) is 6.03. The van der Waals surface area contributed by atoms with E-state index in [1.807, 2.05) is 20.8 Å². The SMILES string of the molecule is COc1ccc(Cl)cc1NC(=O)[C@@H](N)C(C)(C)C. The van der Waals surface area contributed by atoms with E-state index in [0.717, 1.165) is 0 Å². The Hall–Kier alpha value is -1.26. The Morgan fingerprint density at radius 3 is 2.56 bits per heavy atom. The average Bonchev–Trinajstić information content (AvgIpc) is 2.27. The molecule has 0 aromatic heterocycles. The number of benzene rings is 1. The normalized spacial score (nSPS) is 13.0. The third-order valence-corrected chi connectivity index (χ3v) is 2.87. The Kier molecular flexibility index (Phi) is 4.59. The van der Waals surface area contributed by atoms with Crippen molar-refractivity contribution in [2.24, 2.45) is 11.1 Å². The number of carbonyl (C=O) groups is 1. The molecular formula is C13H19ClN2O2. The summed E-state index contributed by atoms with van der Waals surface area (Å²) >= 11 is 5.89. The van der Waals surface area contributed by atoms with Gasteiger partial charge in [-0.15, -0.1) is 0 Å². The van der Waals surface area contributed by atoms with Crippen molar-refractivity contribution in [1.82, 2.24) is 0 Å². The summed E-state index contributed by atoms with van der Waals surface area (Å²) in [4.78, 5) is 12.0. The van der Waals surface area contributed by atoms with E-state index in [9.17, 15) is 4.79 Å². The van der Waals surface area contributed by atoms with E-state index in [2.05, 4.69) is 5.32 Å². The summed E-state index contributed by atoms with van der Waals surface area (Å²) in [7, 11) is 1.53. The van der Waals surface area contributed by atoms with Crippen molar-refractivity contribution in [3.05, 3.63) is 23.2 Å². The summed E-state index contributed by atoms with van der Waals surface area (Å²) in [5.41, 5.74) is 6.10. The largest absolute Gasteiger partial charge is 0.495 e. The predicted molar refractivity (Wildman–Crippen MR) is 74.1 cm³/mol. The van der Waals surface area contributed by atoms with Crippen molar-refractivity contribution in [3.63, 3.8) is 0 Å². The summed E-state index contributed by atoms with van der Waals surface area (Å²) in [5.74, 6) is 0.289. The van der Waals surface area contributed by atoms with Crippen LogP contribution in [-0.2, 0) is 4.79 Å². The summed E-state index contributed by atoms with van der Waals surface area (Å²) in [6.45, 7) is 5.73. The molecule has 3 N–H and O–H groups in total. The molecule has 0 aliphatic rings. The first kappa shape index (κ1) is 14.8. The van der Waals surface area contributed by atoms with Crippen molar-refractivity contribution < 1.29 is 9.53 Å². The molecule has 1 aromatic carbocycles. The molecule has 0 aliphatic heterocycles. The Labute approximate surface area is 112 Å². The Bertz CT molecular complexity index is 441. The minimum absolute atomic E-state index is 0.261. The van der Waals surface area contributed by atoms with Gasteiger partial charge in [-0.1, -0.05) is 32.4 Å². The van der Waals surface area contributed by atoms with Gasteiger partial charge in [0, 0.05) is 5.02 Å². The highest BCUT2D eigenvalue weighted by atomic mass is 35.5. The predicted octanol–water partition coefficient (Wildman–Crippen LogP) is 2.66. The van der Waals surface area contributed by atoms with E-state index in [-0.39, 0.29) is 11.3 Å². The van der Waals surface area contributed by atoms with Crippen LogP contribution < -0.4 is 15.8 Å². The lowest BCUT2D eigenvalue weighted by atomic mass is 9.87. The lowest BCUT2D eigenvalue weighted by molar-refractivity contribution is -0.119. The molecule has 0 saturated heterocycles. The Balaban J connectivity index is 2.91. The molecule has 1 rings (SSSR count). The molecule has 0 aliphatic carbocycles. The van der Waals surface area contributed by atoms with Gasteiger partial charge in [-0.2, -0.15) is 0 Å². The number of hydrogen-bond donors (Lipinski definition) is 2. The van der Waals surface area contributed by atoms with Crippen LogP contribution in [0.1, 0.15) is 20.8 Å². The van der Waals surface area contributed by atoms with Crippen LogP contribution in [0.25, 0.3) is 0 Å². The van der Waals surface area contributed by atoms with Crippen LogP contribution in [0.4, 0.5) is 5.69 Å². The van der Waals surface area contributed by atoms with Gasteiger partial charge in [0.05, 0.1) is 18.8 Å². The standard InChI is InChI=1S/C13H19ClN2O2/c1-13(2,3)11(15)12(17)16-9-7-8(14)5-6-10(9)18-4/h5-7,11H,15H2,1-4H3,(H,16,17)/t11-/m1/s1.